The van der Waals surface area contributed by atoms with Gasteiger partial charge in [0.1, 0.15) is 0 Å². The number of halogens is 1. The monoisotopic (exact) mass is 293 g/mol. The number of rotatable bonds is 7. The van der Waals surface area contributed by atoms with Crippen molar-refractivity contribution in [2.75, 3.05) is 26.1 Å². The lowest BCUT2D eigenvalue weighted by atomic mass is 10.0. The van der Waals surface area contributed by atoms with E-state index in [4.69, 9.17) is 27.8 Å². The summed E-state index contributed by atoms with van der Waals surface area (Å²) >= 11 is 5.27. The average Bonchev–Trinajstić information content (AvgIpc) is 3.22. The Morgan fingerprint density at radius 1 is 1.58 bits per heavy atom. The summed E-state index contributed by atoms with van der Waals surface area (Å²) in [5.41, 5.74) is 10.3. The quantitative estimate of drug-likeness (QED) is 0.181. The molecule has 1 aliphatic rings. The minimum atomic E-state index is -0.155. The fourth-order valence-electron chi connectivity index (χ4n) is 1.36. The van der Waals surface area contributed by atoms with Crippen molar-refractivity contribution in [3.05, 3.63) is 0 Å². The summed E-state index contributed by atoms with van der Waals surface area (Å²) in [6.45, 7) is 3.40. The molecule has 0 aromatic rings. The molecule has 112 valence electrons. The third-order valence-corrected chi connectivity index (χ3v) is 2.95. The lowest BCUT2D eigenvalue weighted by Gasteiger charge is -2.10. The summed E-state index contributed by atoms with van der Waals surface area (Å²) < 4.78 is 9.38. The number of esters is 1. The Kier molecular flexibility index (Phi) is 10.3. The summed E-state index contributed by atoms with van der Waals surface area (Å²) in [5.74, 6) is 0.572. The number of methoxy groups -OCH3 is 1. The Morgan fingerprint density at radius 3 is 2.53 bits per heavy atom. The van der Waals surface area contributed by atoms with Gasteiger partial charge in [-0.15, -0.1) is 11.6 Å². The van der Waals surface area contributed by atoms with Crippen LogP contribution in [0.1, 0.15) is 26.2 Å². The summed E-state index contributed by atoms with van der Waals surface area (Å²) in [6.07, 6.45) is 2.75. The van der Waals surface area contributed by atoms with Crippen molar-refractivity contribution in [3.8, 4) is 0 Å². The van der Waals surface area contributed by atoms with E-state index in [0.29, 0.717) is 18.5 Å². The third-order valence-electron chi connectivity index (χ3n) is 2.61. The zero-order chi connectivity index (χ0) is 14.7. The lowest BCUT2D eigenvalue weighted by molar-refractivity contribution is -0.145. The first-order valence-electron chi connectivity index (χ1n) is 6.35. The van der Waals surface area contributed by atoms with Crippen molar-refractivity contribution in [2.45, 2.75) is 32.3 Å². The molecule has 0 radical (unpaired) electrons. The molecule has 1 saturated heterocycles. The van der Waals surface area contributed by atoms with E-state index in [9.17, 15) is 4.79 Å². The fourth-order valence-corrected chi connectivity index (χ4v) is 1.54. The number of ether oxygens (including phenoxy) is 2. The van der Waals surface area contributed by atoms with Crippen molar-refractivity contribution < 1.29 is 14.3 Å². The van der Waals surface area contributed by atoms with Gasteiger partial charge in [-0.2, -0.15) is 0 Å². The molecule has 1 rings (SSSR count). The molecule has 2 unspecified atom stereocenters. The molecule has 1 heterocycles. The maximum absolute atomic E-state index is 11.2. The predicted octanol–water partition coefficient (Wildman–Crippen LogP) is 0.863. The molecule has 0 aromatic heterocycles. The highest BCUT2D eigenvalue weighted by Crippen LogP contribution is 2.12. The van der Waals surface area contributed by atoms with Gasteiger partial charge in [0.05, 0.1) is 31.6 Å². The maximum Gasteiger partial charge on any atom is 0.308 e. The number of guanidine groups is 1. The van der Waals surface area contributed by atoms with Crippen LogP contribution in [0.4, 0.5) is 0 Å². The van der Waals surface area contributed by atoms with E-state index in [1.54, 1.807) is 0 Å². The summed E-state index contributed by atoms with van der Waals surface area (Å²) in [5, 5.41) is 0. The zero-order valence-electron chi connectivity index (χ0n) is 11.6. The topological polar surface area (TPSA) is 103 Å². The van der Waals surface area contributed by atoms with Gasteiger partial charge in [-0.3, -0.25) is 9.79 Å². The van der Waals surface area contributed by atoms with Crippen molar-refractivity contribution in [1.29, 1.82) is 0 Å². The van der Waals surface area contributed by atoms with Gasteiger partial charge in [-0.05, 0) is 19.3 Å². The molecule has 0 aliphatic carbocycles. The fraction of sp³-hybridized carbons (Fsp3) is 0.833. The largest absolute Gasteiger partial charge is 0.469 e. The van der Waals surface area contributed by atoms with Crippen molar-refractivity contribution >= 4 is 23.5 Å². The second kappa shape index (κ2) is 10.9. The molecule has 4 N–H and O–H groups in total. The van der Waals surface area contributed by atoms with Crippen LogP contribution in [0, 0.1) is 5.92 Å². The van der Waals surface area contributed by atoms with Crippen molar-refractivity contribution in [1.82, 2.24) is 0 Å². The molecule has 0 amide bonds. The number of carbonyl (C=O) groups is 1. The summed E-state index contributed by atoms with van der Waals surface area (Å²) in [6, 6.07) is 0. The number of hydrogen-bond acceptors (Lipinski definition) is 4. The number of alkyl halides is 1. The van der Waals surface area contributed by atoms with Gasteiger partial charge in [0.15, 0.2) is 5.96 Å². The highest BCUT2D eigenvalue weighted by molar-refractivity contribution is 6.18. The number of carbonyl (C=O) groups excluding carboxylic acids is 1. The van der Waals surface area contributed by atoms with Crippen LogP contribution in [0.2, 0.25) is 0 Å². The molecule has 19 heavy (non-hydrogen) atoms. The minimum Gasteiger partial charge on any atom is -0.469 e. The van der Waals surface area contributed by atoms with Crippen LogP contribution >= 0.6 is 11.6 Å². The Labute approximate surface area is 119 Å². The number of nitrogens with zero attached hydrogens (tertiary/aromatic N) is 1. The molecule has 0 spiro atoms. The van der Waals surface area contributed by atoms with Gasteiger partial charge >= 0.3 is 5.97 Å². The summed E-state index contributed by atoms with van der Waals surface area (Å²) in [7, 11) is 1.40. The Bertz CT molecular complexity index is 279. The molecule has 6 nitrogen and oxygen atoms in total. The van der Waals surface area contributed by atoms with Crippen LogP contribution in [0.15, 0.2) is 4.99 Å². The van der Waals surface area contributed by atoms with E-state index in [1.807, 2.05) is 6.92 Å². The second-order valence-electron chi connectivity index (χ2n) is 4.19. The minimum absolute atomic E-state index is 0.0331. The van der Waals surface area contributed by atoms with E-state index in [1.165, 1.54) is 7.11 Å². The normalized spacial score (nSPS) is 17.7. The SMILES string of the molecule is CCC(CCCN=C(N)N)C(=O)OC.ClCC1CO1. The van der Waals surface area contributed by atoms with Crippen LogP contribution in [-0.2, 0) is 14.3 Å². The van der Waals surface area contributed by atoms with Crippen LogP contribution in [0.3, 0.4) is 0 Å². The lowest BCUT2D eigenvalue weighted by Crippen LogP contribution is -2.23. The highest BCUT2D eigenvalue weighted by atomic mass is 35.5. The van der Waals surface area contributed by atoms with E-state index < -0.39 is 0 Å². The van der Waals surface area contributed by atoms with Crippen LogP contribution in [0.25, 0.3) is 0 Å². The van der Waals surface area contributed by atoms with Crippen LogP contribution in [-0.4, -0.2) is 44.2 Å². The van der Waals surface area contributed by atoms with Gasteiger partial charge in [-0.1, -0.05) is 6.92 Å². The average molecular weight is 294 g/mol. The van der Waals surface area contributed by atoms with Gasteiger partial charge in [0.2, 0.25) is 0 Å². The van der Waals surface area contributed by atoms with Gasteiger partial charge in [-0.25, -0.2) is 0 Å². The number of epoxide rings is 1. The first kappa shape index (κ1) is 18.0. The van der Waals surface area contributed by atoms with Gasteiger partial charge in [0, 0.05) is 6.54 Å². The van der Waals surface area contributed by atoms with Crippen LogP contribution in [0.5, 0.6) is 0 Å². The predicted molar refractivity (Wildman–Crippen MR) is 76.2 cm³/mol. The Balaban J connectivity index is 0.000000532. The molecule has 0 aromatic carbocycles. The highest BCUT2D eigenvalue weighted by Gasteiger charge is 2.19. The molecule has 2 atom stereocenters. The van der Waals surface area contributed by atoms with Crippen molar-refractivity contribution in [3.63, 3.8) is 0 Å². The van der Waals surface area contributed by atoms with E-state index in [2.05, 4.69) is 9.73 Å². The number of hydrogen-bond donors (Lipinski definition) is 2. The molecule has 0 saturated carbocycles. The molecule has 1 aliphatic heterocycles. The first-order chi connectivity index (χ1) is 9.04. The Morgan fingerprint density at radius 2 is 2.21 bits per heavy atom. The Hall–Kier alpha value is -1.01. The molecule has 7 heteroatoms. The standard InChI is InChI=1S/C9H19N3O2.C3H5ClO/c1-3-7(8(13)14-2)5-4-6-12-9(10)11;4-1-3-2-5-3/h7H,3-6H2,1-2H3,(H4,10,11,12);3H,1-2H2. The molecule has 0 bridgehead atoms. The van der Waals surface area contributed by atoms with Gasteiger partial charge in [0.25, 0.3) is 0 Å². The maximum atomic E-state index is 11.2. The number of aliphatic imine (C=N–C) groups is 1. The number of nitrogens with two attached hydrogens (primary N) is 2. The molecule has 1 fully saturated rings. The van der Waals surface area contributed by atoms with Crippen LogP contribution < -0.4 is 11.5 Å². The van der Waals surface area contributed by atoms with E-state index >= 15 is 0 Å². The van der Waals surface area contributed by atoms with Gasteiger partial charge < -0.3 is 20.9 Å². The third kappa shape index (κ3) is 10.6. The van der Waals surface area contributed by atoms with Crippen molar-refractivity contribution in [2.24, 2.45) is 22.4 Å². The zero-order valence-corrected chi connectivity index (χ0v) is 12.4. The molecular formula is C12H24ClN3O3. The van der Waals surface area contributed by atoms with E-state index in [-0.39, 0.29) is 17.8 Å². The molecular weight excluding hydrogens is 270 g/mol. The summed E-state index contributed by atoms with van der Waals surface area (Å²) in [4.78, 5) is 15.0. The second-order valence-corrected chi connectivity index (χ2v) is 4.50. The van der Waals surface area contributed by atoms with E-state index in [0.717, 1.165) is 25.9 Å². The smallest absolute Gasteiger partial charge is 0.308 e. The first-order valence-corrected chi connectivity index (χ1v) is 6.89.